The van der Waals surface area contributed by atoms with E-state index in [0.29, 0.717) is 5.56 Å². The Morgan fingerprint density at radius 1 is 0.781 bits per heavy atom. The summed E-state index contributed by atoms with van der Waals surface area (Å²) in [5.41, 5.74) is 1.69. The van der Waals surface area contributed by atoms with Crippen LogP contribution in [-0.2, 0) is 0 Å². The Balaban J connectivity index is 1.79. The van der Waals surface area contributed by atoms with Crippen LogP contribution in [0.5, 0.6) is 0 Å². The summed E-state index contributed by atoms with van der Waals surface area (Å²) in [6.07, 6.45) is 3.09. The fourth-order valence-corrected chi connectivity index (χ4v) is 3.00. The normalized spacial score (nSPS) is 9.75. The van der Waals surface area contributed by atoms with Crippen molar-refractivity contribution in [3.8, 4) is 34.8 Å². The molecule has 5 heteroatoms. The number of isothiocyanates is 1. The van der Waals surface area contributed by atoms with Crippen molar-refractivity contribution in [1.82, 2.24) is 0 Å². The van der Waals surface area contributed by atoms with Gasteiger partial charge in [-0.3, -0.25) is 0 Å². The third-order valence-electron chi connectivity index (χ3n) is 4.58. The molecule has 0 atom stereocenters. The minimum absolute atomic E-state index is 0.0518. The van der Waals surface area contributed by atoms with Gasteiger partial charge in [0.2, 0.25) is 0 Å². The molecule has 0 aliphatic rings. The number of aliphatic imine (C=N–C) groups is 1. The highest BCUT2D eigenvalue weighted by Crippen LogP contribution is 2.30. The van der Waals surface area contributed by atoms with Gasteiger partial charge in [-0.05, 0) is 72.7 Å². The summed E-state index contributed by atoms with van der Waals surface area (Å²) in [4.78, 5) is 3.35. The summed E-state index contributed by atoms with van der Waals surface area (Å²) in [7, 11) is 0. The van der Waals surface area contributed by atoms with Gasteiger partial charge in [0.1, 0.15) is 11.5 Å². The van der Waals surface area contributed by atoms with Gasteiger partial charge in [0.25, 0.3) is 0 Å². The molecule has 0 N–H and O–H groups in total. The second-order valence-corrected chi connectivity index (χ2v) is 7.10. The lowest BCUT2D eigenvalue weighted by molar-refractivity contribution is 0.588. The maximum Gasteiger partial charge on any atom is 0.153 e. The van der Waals surface area contributed by atoms with Crippen molar-refractivity contribution in [2.45, 2.75) is 26.2 Å². The molecule has 158 valence electrons. The van der Waals surface area contributed by atoms with Gasteiger partial charge in [0, 0.05) is 28.7 Å². The van der Waals surface area contributed by atoms with Crippen LogP contribution in [0, 0.1) is 41.1 Å². The molecule has 0 fully saturated rings. The van der Waals surface area contributed by atoms with Crippen molar-refractivity contribution in [2.75, 3.05) is 0 Å². The molecule has 1 nitrogen and oxygen atoms in total. The molecule has 0 bridgehead atoms. The highest BCUT2D eigenvalue weighted by molar-refractivity contribution is 7.78. The summed E-state index contributed by atoms with van der Waals surface area (Å²) in [5, 5.41) is 1.92. The van der Waals surface area contributed by atoms with E-state index in [-0.39, 0.29) is 11.1 Å². The lowest BCUT2D eigenvalue weighted by Gasteiger charge is -2.06. The van der Waals surface area contributed by atoms with Crippen molar-refractivity contribution < 1.29 is 13.2 Å². The van der Waals surface area contributed by atoms with Gasteiger partial charge in [-0.25, -0.2) is 13.2 Å². The number of benzene rings is 3. The molecule has 32 heavy (non-hydrogen) atoms. The second-order valence-electron chi connectivity index (χ2n) is 6.92. The Morgan fingerprint density at radius 3 is 1.97 bits per heavy atom. The quantitative estimate of drug-likeness (QED) is 0.176. The van der Waals surface area contributed by atoms with Crippen molar-refractivity contribution in [3.05, 3.63) is 88.7 Å². The number of unbranched alkanes of at least 4 members (excludes halogenated alkanes) is 2. The monoisotopic (exact) mass is 445 g/mol. The van der Waals surface area contributed by atoms with E-state index in [0.717, 1.165) is 42.5 Å². The SMILES string of the molecule is CCCCC#Cc1ccc(C#Cc2ccc(-c3cc(F)c(N=C=S)c(F)c3)c(F)c2)cc1. The topological polar surface area (TPSA) is 12.4 Å². The Hall–Kier alpha value is -3.63. The number of nitrogens with zero attached hydrogens (tertiary/aromatic N) is 1. The Morgan fingerprint density at radius 2 is 1.38 bits per heavy atom. The van der Waals surface area contributed by atoms with Crippen LogP contribution in [-0.4, -0.2) is 5.16 Å². The first-order valence-corrected chi connectivity index (χ1v) is 10.4. The molecule has 3 aromatic rings. The Bertz CT molecular complexity index is 1280. The lowest BCUT2D eigenvalue weighted by Crippen LogP contribution is -1.90. The fraction of sp³-hybridized carbons (Fsp3) is 0.148. The van der Waals surface area contributed by atoms with E-state index in [4.69, 9.17) is 0 Å². The van der Waals surface area contributed by atoms with Crippen molar-refractivity contribution in [3.63, 3.8) is 0 Å². The Kier molecular flexibility index (Phi) is 8.01. The molecular weight excluding hydrogens is 427 g/mol. The van der Waals surface area contributed by atoms with Gasteiger partial charge < -0.3 is 0 Å². The van der Waals surface area contributed by atoms with Crippen LogP contribution >= 0.6 is 12.2 Å². The maximum atomic E-state index is 14.6. The standard InChI is InChI=1S/C27H18F3NS/c1-2-3-4-5-6-19-7-9-20(10-8-19)11-12-21-13-14-23(24(28)15-21)22-16-25(29)27(31-18-32)26(30)17-22/h7-10,13-17H,2-4H2,1H3. The van der Waals surface area contributed by atoms with Gasteiger partial charge >= 0.3 is 0 Å². The average molecular weight is 446 g/mol. The zero-order valence-corrected chi connectivity index (χ0v) is 18.1. The molecule has 0 saturated heterocycles. The molecule has 0 radical (unpaired) electrons. The zero-order valence-electron chi connectivity index (χ0n) is 17.3. The molecule has 3 aromatic carbocycles. The molecule has 0 saturated carbocycles. The molecule has 0 amide bonds. The summed E-state index contributed by atoms with van der Waals surface area (Å²) in [5.74, 6) is 9.59. The molecule has 0 spiro atoms. The number of thiocarbonyl (C=S) groups is 1. The third-order valence-corrected chi connectivity index (χ3v) is 4.67. The highest BCUT2D eigenvalue weighted by atomic mass is 32.1. The van der Waals surface area contributed by atoms with Crippen LogP contribution in [0.4, 0.5) is 18.9 Å². The van der Waals surface area contributed by atoms with Crippen LogP contribution in [0.25, 0.3) is 11.1 Å². The first-order chi connectivity index (χ1) is 15.5. The van der Waals surface area contributed by atoms with Crippen molar-refractivity contribution in [2.24, 2.45) is 4.99 Å². The number of halogens is 3. The predicted octanol–water partition coefficient (Wildman–Crippen LogP) is 7.45. The minimum Gasteiger partial charge on any atom is -0.206 e. The fourth-order valence-electron chi connectivity index (χ4n) is 2.91. The van der Waals surface area contributed by atoms with Crippen LogP contribution in [0.15, 0.2) is 59.6 Å². The van der Waals surface area contributed by atoms with Gasteiger partial charge in [0.15, 0.2) is 11.6 Å². The van der Waals surface area contributed by atoms with Gasteiger partial charge in [-0.1, -0.05) is 43.1 Å². The van der Waals surface area contributed by atoms with Gasteiger partial charge in [-0.15, -0.1) is 0 Å². The van der Waals surface area contributed by atoms with E-state index >= 15 is 0 Å². The molecule has 0 aliphatic carbocycles. The zero-order chi connectivity index (χ0) is 22.9. The summed E-state index contributed by atoms with van der Waals surface area (Å²) < 4.78 is 42.7. The molecule has 3 rings (SSSR count). The van der Waals surface area contributed by atoms with E-state index in [2.05, 4.69) is 47.8 Å². The van der Waals surface area contributed by atoms with Crippen molar-refractivity contribution >= 4 is 23.1 Å². The van der Waals surface area contributed by atoms with E-state index in [1.54, 1.807) is 6.07 Å². The first kappa shape index (κ1) is 23.0. The van der Waals surface area contributed by atoms with Crippen LogP contribution < -0.4 is 0 Å². The minimum atomic E-state index is -0.945. The Labute approximate surface area is 191 Å². The van der Waals surface area contributed by atoms with Crippen LogP contribution in [0.2, 0.25) is 0 Å². The smallest absolute Gasteiger partial charge is 0.153 e. The van der Waals surface area contributed by atoms with E-state index in [1.807, 2.05) is 29.4 Å². The third kappa shape index (κ3) is 5.96. The lowest BCUT2D eigenvalue weighted by atomic mass is 10.0. The van der Waals surface area contributed by atoms with Crippen LogP contribution in [0.1, 0.15) is 42.9 Å². The highest BCUT2D eigenvalue weighted by Gasteiger charge is 2.14. The second kappa shape index (κ2) is 11.1. The average Bonchev–Trinajstić information content (AvgIpc) is 2.78. The summed E-state index contributed by atoms with van der Waals surface area (Å²) in [6.45, 7) is 2.13. The molecule has 0 unspecified atom stereocenters. The van der Waals surface area contributed by atoms with E-state index in [1.165, 1.54) is 12.1 Å². The maximum absolute atomic E-state index is 14.6. The van der Waals surface area contributed by atoms with Crippen molar-refractivity contribution in [1.29, 1.82) is 0 Å². The van der Waals surface area contributed by atoms with E-state index < -0.39 is 23.1 Å². The molecule has 0 aromatic heterocycles. The summed E-state index contributed by atoms with van der Waals surface area (Å²) >= 11 is 4.38. The molecule has 0 aliphatic heterocycles. The molecule has 0 heterocycles. The largest absolute Gasteiger partial charge is 0.206 e. The first-order valence-electron chi connectivity index (χ1n) is 9.99. The van der Waals surface area contributed by atoms with E-state index in [9.17, 15) is 13.2 Å². The van der Waals surface area contributed by atoms with Gasteiger partial charge in [0.05, 0.1) is 5.16 Å². The number of rotatable bonds is 4. The number of hydrogen-bond acceptors (Lipinski definition) is 2. The predicted molar refractivity (Wildman–Crippen MR) is 125 cm³/mol. The molecular formula is C27H18F3NS. The van der Waals surface area contributed by atoms with Gasteiger partial charge in [-0.2, -0.15) is 4.99 Å². The number of hydrogen-bond donors (Lipinski definition) is 0. The summed E-state index contributed by atoms with van der Waals surface area (Å²) in [6, 6.07) is 13.8. The van der Waals surface area contributed by atoms with Crippen LogP contribution in [0.3, 0.4) is 0 Å².